The molecule has 0 bridgehead atoms. The number of hydrogen-bond acceptors (Lipinski definition) is 5. The summed E-state index contributed by atoms with van der Waals surface area (Å²) in [5, 5.41) is 24.8. The van der Waals surface area contributed by atoms with Crippen LogP contribution < -0.4 is 10.6 Å². The number of amides is 1. The average molecular weight is 399 g/mol. The first-order valence-corrected chi connectivity index (χ1v) is 9.96. The Balaban J connectivity index is 2.23. The van der Waals surface area contributed by atoms with Gasteiger partial charge in [-0.2, -0.15) is 5.26 Å². The van der Waals surface area contributed by atoms with Crippen molar-refractivity contribution in [1.29, 1.82) is 5.26 Å². The van der Waals surface area contributed by atoms with Gasteiger partial charge in [0.25, 0.3) is 0 Å². The van der Waals surface area contributed by atoms with Crippen LogP contribution in [-0.2, 0) is 20.9 Å². The number of aliphatic carboxylic acids is 1. The Hall–Kier alpha value is -2.69. The van der Waals surface area contributed by atoms with Crippen molar-refractivity contribution in [3.05, 3.63) is 47.0 Å². The monoisotopic (exact) mass is 399 g/mol. The fourth-order valence-electron chi connectivity index (χ4n) is 3.51. The van der Waals surface area contributed by atoms with Crippen molar-refractivity contribution >= 4 is 11.9 Å². The van der Waals surface area contributed by atoms with E-state index in [2.05, 4.69) is 16.7 Å². The van der Waals surface area contributed by atoms with Crippen LogP contribution >= 0.6 is 0 Å². The third kappa shape index (κ3) is 6.41. The van der Waals surface area contributed by atoms with Gasteiger partial charge < -0.3 is 20.5 Å². The van der Waals surface area contributed by atoms with E-state index in [4.69, 9.17) is 10.00 Å². The van der Waals surface area contributed by atoms with Gasteiger partial charge in [0.05, 0.1) is 29.9 Å². The standard InChI is InChI=1S/C22H29N3O4/c1-4-18(5-2)29-20-11-17(22(27)28)10-19(21(20)25-14(3)26)24-13-16-8-6-15(12-23)7-9-16/h6-9,11,18-21,24H,4-5,10,13H2,1-3H3,(H,25,26)(H,27,28)/t19-,20+,21+/m0/s1. The van der Waals surface area contributed by atoms with Crippen molar-refractivity contribution in [2.45, 2.75) is 70.9 Å². The normalized spacial score (nSPS) is 21.3. The van der Waals surface area contributed by atoms with E-state index in [1.165, 1.54) is 6.92 Å². The lowest BCUT2D eigenvalue weighted by atomic mass is 9.87. The van der Waals surface area contributed by atoms with Gasteiger partial charge in [-0.15, -0.1) is 0 Å². The molecule has 29 heavy (non-hydrogen) atoms. The van der Waals surface area contributed by atoms with Gasteiger partial charge in [0.15, 0.2) is 0 Å². The second kappa shape index (κ2) is 10.7. The van der Waals surface area contributed by atoms with E-state index in [1.54, 1.807) is 18.2 Å². The number of rotatable bonds is 9. The highest BCUT2D eigenvalue weighted by Gasteiger charge is 2.37. The second-order valence-corrected chi connectivity index (χ2v) is 7.26. The zero-order valence-corrected chi connectivity index (χ0v) is 17.1. The second-order valence-electron chi connectivity index (χ2n) is 7.26. The van der Waals surface area contributed by atoms with Gasteiger partial charge in [0, 0.05) is 25.1 Å². The molecular weight excluding hydrogens is 370 g/mol. The quantitative estimate of drug-likeness (QED) is 0.588. The van der Waals surface area contributed by atoms with Gasteiger partial charge in [-0.1, -0.05) is 26.0 Å². The summed E-state index contributed by atoms with van der Waals surface area (Å²) in [4.78, 5) is 23.5. The molecule has 156 valence electrons. The number of carbonyl (C=O) groups is 2. The predicted molar refractivity (Wildman–Crippen MR) is 109 cm³/mol. The maximum absolute atomic E-state index is 11.8. The third-order valence-corrected chi connectivity index (χ3v) is 5.15. The molecule has 0 saturated heterocycles. The molecule has 1 aromatic rings. The Morgan fingerprint density at radius 3 is 2.45 bits per heavy atom. The molecule has 0 radical (unpaired) electrons. The molecular formula is C22H29N3O4. The van der Waals surface area contributed by atoms with E-state index in [1.807, 2.05) is 26.0 Å². The number of carboxylic acids is 1. The summed E-state index contributed by atoms with van der Waals surface area (Å²) in [6.45, 7) is 5.97. The van der Waals surface area contributed by atoms with Gasteiger partial charge in [-0.3, -0.25) is 4.79 Å². The first-order chi connectivity index (χ1) is 13.9. The molecule has 0 unspecified atom stereocenters. The SMILES string of the molecule is CCC(CC)O[C@@H]1C=C(C(=O)O)C[C@H](NCc2ccc(C#N)cc2)[C@H]1NC(C)=O. The van der Waals surface area contributed by atoms with E-state index in [0.29, 0.717) is 12.1 Å². The Morgan fingerprint density at radius 1 is 1.28 bits per heavy atom. The fourth-order valence-corrected chi connectivity index (χ4v) is 3.51. The number of ether oxygens (including phenoxy) is 1. The number of hydrogen-bond donors (Lipinski definition) is 3. The summed E-state index contributed by atoms with van der Waals surface area (Å²) in [7, 11) is 0. The first kappa shape index (κ1) is 22.6. The van der Waals surface area contributed by atoms with E-state index in [-0.39, 0.29) is 36.1 Å². The molecule has 0 aliphatic heterocycles. The topological polar surface area (TPSA) is 111 Å². The number of benzene rings is 1. The van der Waals surface area contributed by atoms with E-state index >= 15 is 0 Å². The molecule has 0 aromatic heterocycles. The highest BCUT2D eigenvalue weighted by molar-refractivity contribution is 5.87. The van der Waals surface area contributed by atoms with Crippen LogP contribution in [0.4, 0.5) is 0 Å². The number of carbonyl (C=O) groups excluding carboxylic acids is 1. The van der Waals surface area contributed by atoms with Crippen molar-refractivity contribution in [2.75, 3.05) is 0 Å². The fraction of sp³-hybridized carbons (Fsp3) is 0.500. The summed E-state index contributed by atoms with van der Waals surface area (Å²) in [6.07, 6.45) is 2.97. The van der Waals surface area contributed by atoms with E-state index in [9.17, 15) is 14.7 Å². The summed E-state index contributed by atoms with van der Waals surface area (Å²) >= 11 is 0. The van der Waals surface area contributed by atoms with Crippen LogP contribution in [0.3, 0.4) is 0 Å². The number of nitrogens with one attached hydrogen (secondary N) is 2. The lowest BCUT2D eigenvalue weighted by Gasteiger charge is -2.38. The molecule has 0 heterocycles. The zero-order chi connectivity index (χ0) is 21.4. The summed E-state index contributed by atoms with van der Waals surface area (Å²) in [5.74, 6) is -1.17. The minimum Gasteiger partial charge on any atom is -0.478 e. The van der Waals surface area contributed by atoms with Crippen LogP contribution in [0.1, 0.15) is 51.2 Å². The first-order valence-electron chi connectivity index (χ1n) is 9.96. The van der Waals surface area contributed by atoms with E-state index in [0.717, 1.165) is 18.4 Å². The Bertz CT molecular complexity index is 778. The molecule has 0 fully saturated rings. The van der Waals surface area contributed by atoms with Crippen molar-refractivity contribution in [2.24, 2.45) is 0 Å². The number of nitriles is 1. The lowest BCUT2D eigenvalue weighted by molar-refractivity contribution is -0.133. The van der Waals surface area contributed by atoms with Crippen LogP contribution in [0.2, 0.25) is 0 Å². The van der Waals surface area contributed by atoms with Gasteiger partial charge >= 0.3 is 5.97 Å². The molecule has 0 spiro atoms. The molecule has 1 amide bonds. The molecule has 3 atom stereocenters. The molecule has 3 N–H and O–H groups in total. The molecule has 2 rings (SSSR count). The van der Waals surface area contributed by atoms with Gasteiger partial charge in [0.2, 0.25) is 5.91 Å². The minimum atomic E-state index is -0.977. The van der Waals surface area contributed by atoms with E-state index < -0.39 is 12.1 Å². The lowest BCUT2D eigenvalue weighted by Crippen LogP contribution is -2.58. The van der Waals surface area contributed by atoms with Gasteiger partial charge in [-0.05, 0) is 43.0 Å². The van der Waals surface area contributed by atoms with Crippen LogP contribution in [0.5, 0.6) is 0 Å². The number of nitrogens with zero attached hydrogens (tertiary/aromatic N) is 1. The maximum Gasteiger partial charge on any atom is 0.331 e. The van der Waals surface area contributed by atoms with Gasteiger partial charge in [-0.25, -0.2) is 4.79 Å². The zero-order valence-electron chi connectivity index (χ0n) is 17.1. The average Bonchev–Trinajstić information content (AvgIpc) is 2.71. The predicted octanol–water partition coefficient (Wildman–Crippen LogP) is 2.51. The van der Waals surface area contributed by atoms with Crippen molar-refractivity contribution in [1.82, 2.24) is 10.6 Å². The summed E-state index contributed by atoms with van der Waals surface area (Å²) in [6, 6.07) is 8.60. The maximum atomic E-state index is 11.8. The molecule has 7 heteroatoms. The van der Waals surface area contributed by atoms with Crippen LogP contribution in [0.25, 0.3) is 0 Å². The van der Waals surface area contributed by atoms with Gasteiger partial charge in [0.1, 0.15) is 0 Å². The van der Waals surface area contributed by atoms with Crippen molar-refractivity contribution < 1.29 is 19.4 Å². The Morgan fingerprint density at radius 2 is 1.93 bits per heavy atom. The van der Waals surface area contributed by atoms with Crippen molar-refractivity contribution in [3.8, 4) is 6.07 Å². The molecule has 1 aromatic carbocycles. The van der Waals surface area contributed by atoms with Crippen LogP contribution in [0.15, 0.2) is 35.9 Å². The summed E-state index contributed by atoms with van der Waals surface area (Å²) < 4.78 is 6.17. The third-order valence-electron chi connectivity index (χ3n) is 5.15. The number of carboxylic acid groups (broad SMARTS) is 1. The molecule has 7 nitrogen and oxygen atoms in total. The largest absolute Gasteiger partial charge is 0.478 e. The highest BCUT2D eigenvalue weighted by atomic mass is 16.5. The Labute approximate surface area is 171 Å². The molecule has 1 aliphatic carbocycles. The highest BCUT2D eigenvalue weighted by Crippen LogP contribution is 2.25. The summed E-state index contributed by atoms with van der Waals surface area (Å²) in [5.41, 5.74) is 1.83. The minimum absolute atomic E-state index is 0.0140. The molecule has 1 aliphatic rings. The smallest absolute Gasteiger partial charge is 0.331 e. The van der Waals surface area contributed by atoms with Crippen LogP contribution in [0, 0.1) is 11.3 Å². The van der Waals surface area contributed by atoms with Crippen molar-refractivity contribution in [3.63, 3.8) is 0 Å². The Kier molecular flexibility index (Phi) is 8.37. The van der Waals surface area contributed by atoms with Crippen LogP contribution in [-0.4, -0.2) is 41.3 Å². The molecule has 0 saturated carbocycles.